The van der Waals surface area contributed by atoms with Gasteiger partial charge in [-0.1, -0.05) is 59.6 Å². The largest absolute Gasteiger partial charge is 0.455 e. The molecule has 0 bridgehead atoms. The SMILES string of the molecule is C[C@@H]1C[C@H](OC(=O)c2ccccc2)[C@@H](OC(=O)c2ccccc2)C(C(Cl)(Cl)C(=O)NCl)O1. The van der Waals surface area contributed by atoms with Crippen LogP contribution in [0.4, 0.5) is 0 Å². The number of carbonyl (C=O) groups is 3. The summed E-state index contributed by atoms with van der Waals surface area (Å²) in [5.41, 5.74) is 0.549. The third-order valence-corrected chi connectivity index (χ3v) is 5.82. The molecule has 0 aliphatic carbocycles. The number of amides is 1. The van der Waals surface area contributed by atoms with Gasteiger partial charge < -0.3 is 14.2 Å². The summed E-state index contributed by atoms with van der Waals surface area (Å²) in [7, 11) is 0. The van der Waals surface area contributed by atoms with Gasteiger partial charge in [0.05, 0.1) is 17.2 Å². The normalized spacial score (nSPS) is 23.1. The molecule has 0 aromatic heterocycles. The number of alkyl halides is 2. The predicted octanol–water partition coefficient (Wildman–Crippen LogP) is 4.06. The summed E-state index contributed by atoms with van der Waals surface area (Å²) in [6.07, 6.45) is -4.02. The van der Waals surface area contributed by atoms with Gasteiger partial charge in [0.25, 0.3) is 5.91 Å². The average Bonchev–Trinajstić information content (AvgIpc) is 2.80. The first-order valence-corrected chi connectivity index (χ1v) is 10.8. The first-order valence-electron chi connectivity index (χ1n) is 9.70. The molecular weight excluding hydrogens is 481 g/mol. The highest BCUT2D eigenvalue weighted by Crippen LogP contribution is 2.38. The zero-order valence-electron chi connectivity index (χ0n) is 16.9. The Balaban J connectivity index is 1.93. The van der Waals surface area contributed by atoms with Crippen LogP contribution in [0, 0.1) is 0 Å². The molecule has 10 heteroatoms. The number of hydrogen-bond donors (Lipinski definition) is 1. The molecule has 1 fully saturated rings. The third kappa shape index (κ3) is 5.53. The summed E-state index contributed by atoms with van der Waals surface area (Å²) < 4.78 is 14.8. The Morgan fingerprint density at radius 3 is 1.94 bits per heavy atom. The smallest absolute Gasteiger partial charge is 0.338 e. The lowest BCUT2D eigenvalue weighted by molar-refractivity contribution is -0.174. The van der Waals surface area contributed by atoms with Crippen molar-refractivity contribution in [3.63, 3.8) is 0 Å². The third-order valence-electron chi connectivity index (χ3n) is 4.87. The zero-order valence-corrected chi connectivity index (χ0v) is 19.1. The van der Waals surface area contributed by atoms with E-state index in [0.29, 0.717) is 5.56 Å². The van der Waals surface area contributed by atoms with Crippen molar-refractivity contribution in [2.45, 2.75) is 42.1 Å². The maximum Gasteiger partial charge on any atom is 0.338 e. The second-order valence-electron chi connectivity index (χ2n) is 7.20. The number of nitrogens with one attached hydrogen (secondary N) is 1. The predicted molar refractivity (Wildman–Crippen MR) is 119 cm³/mol. The summed E-state index contributed by atoms with van der Waals surface area (Å²) in [5.74, 6) is -2.34. The highest BCUT2D eigenvalue weighted by molar-refractivity contribution is 6.59. The molecule has 4 atom stereocenters. The van der Waals surface area contributed by atoms with Gasteiger partial charge >= 0.3 is 11.9 Å². The molecule has 32 heavy (non-hydrogen) atoms. The van der Waals surface area contributed by atoms with E-state index >= 15 is 0 Å². The quantitative estimate of drug-likeness (QED) is 0.365. The standard InChI is InChI=1S/C22H20Cl3NO6/c1-13-12-16(31-19(27)14-8-4-2-5-9-14)17(18(30-13)22(23,24)21(29)26-25)32-20(28)15-10-6-3-7-11-15/h2-11,13,16-18H,12H2,1H3,(H,26,29)/t13-,16+,17-,18?/m1/s1. The van der Waals surface area contributed by atoms with Crippen molar-refractivity contribution < 1.29 is 28.6 Å². The number of esters is 2. The van der Waals surface area contributed by atoms with Crippen LogP contribution in [0.25, 0.3) is 0 Å². The fourth-order valence-electron chi connectivity index (χ4n) is 3.32. The van der Waals surface area contributed by atoms with Crippen LogP contribution >= 0.6 is 35.0 Å². The Hall–Kier alpha value is -2.32. The molecule has 0 radical (unpaired) electrons. The van der Waals surface area contributed by atoms with Crippen molar-refractivity contribution in [3.05, 3.63) is 71.8 Å². The van der Waals surface area contributed by atoms with E-state index in [0.717, 1.165) is 0 Å². The first kappa shape index (κ1) is 24.3. The Morgan fingerprint density at radius 1 is 0.938 bits per heavy atom. The minimum Gasteiger partial charge on any atom is -0.455 e. The highest BCUT2D eigenvalue weighted by Gasteiger charge is 2.55. The highest BCUT2D eigenvalue weighted by atomic mass is 35.5. The van der Waals surface area contributed by atoms with Crippen LogP contribution in [0.5, 0.6) is 0 Å². The monoisotopic (exact) mass is 499 g/mol. The Kier molecular flexibility index (Phi) is 8.00. The number of carbonyl (C=O) groups excluding carboxylic acids is 3. The summed E-state index contributed by atoms with van der Waals surface area (Å²) in [6, 6.07) is 16.5. The van der Waals surface area contributed by atoms with Crippen LogP contribution in [0.3, 0.4) is 0 Å². The van der Waals surface area contributed by atoms with Crippen LogP contribution in [0.1, 0.15) is 34.1 Å². The van der Waals surface area contributed by atoms with Crippen LogP contribution in [-0.4, -0.2) is 46.6 Å². The van der Waals surface area contributed by atoms with Gasteiger partial charge in [-0.2, -0.15) is 0 Å². The Labute approximate surface area is 200 Å². The lowest BCUT2D eigenvalue weighted by atomic mass is 9.95. The molecule has 1 unspecified atom stereocenters. The molecule has 2 aromatic carbocycles. The molecule has 1 aliphatic heterocycles. The van der Waals surface area contributed by atoms with Crippen molar-refractivity contribution >= 4 is 52.8 Å². The number of rotatable bonds is 6. The fraction of sp³-hybridized carbons (Fsp3) is 0.318. The van der Waals surface area contributed by atoms with E-state index < -0.39 is 46.6 Å². The second-order valence-corrected chi connectivity index (χ2v) is 8.77. The lowest BCUT2D eigenvalue weighted by Crippen LogP contribution is -2.60. The summed E-state index contributed by atoms with van der Waals surface area (Å²) in [5, 5.41) is 0. The lowest BCUT2D eigenvalue weighted by Gasteiger charge is -2.43. The van der Waals surface area contributed by atoms with E-state index in [2.05, 4.69) is 0 Å². The first-order chi connectivity index (χ1) is 15.2. The van der Waals surface area contributed by atoms with Crippen LogP contribution in [0.2, 0.25) is 0 Å². The van der Waals surface area contributed by atoms with E-state index in [-0.39, 0.29) is 12.0 Å². The van der Waals surface area contributed by atoms with Gasteiger partial charge in [-0.15, -0.1) is 0 Å². The number of halogens is 3. The van der Waals surface area contributed by atoms with Crippen LogP contribution in [0.15, 0.2) is 60.7 Å². The van der Waals surface area contributed by atoms with Gasteiger partial charge in [0.15, 0.2) is 6.10 Å². The van der Waals surface area contributed by atoms with Gasteiger partial charge in [-0.3, -0.25) is 9.63 Å². The van der Waals surface area contributed by atoms with Crippen molar-refractivity contribution in [1.29, 1.82) is 0 Å². The topological polar surface area (TPSA) is 90.9 Å². The molecule has 1 aliphatic rings. The van der Waals surface area contributed by atoms with Gasteiger partial charge in [0.1, 0.15) is 12.2 Å². The number of benzene rings is 2. The van der Waals surface area contributed by atoms with Crippen molar-refractivity contribution in [2.24, 2.45) is 0 Å². The minimum absolute atomic E-state index is 0.175. The second kappa shape index (κ2) is 10.5. The summed E-state index contributed by atoms with van der Waals surface area (Å²) >= 11 is 18.0. The summed E-state index contributed by atoms with van der Waals surface area (Å²) in [4.78, 5) is 39.6. The molecule has 1 amide bonds. The van der Waals surface area contributed by atoms with E-state index in [4.69, 9.17) is 49.2 Å². The van der Waals surface area contributed by atoms with E-state index in [9.17, 15) is 14.4 Å². The summed E-state index contributed by atoms with van der Waals surface area (Å²) in [6.45, 7) is 1.69. The molecule has 7 nitrogen and oxygen atoms in total. The van der Waals surface area contributed by atoms with Crippen molar-refractivity contribution in [1.82, 2.24) is 4.84 Å². The van der Waals surface area contributed by atoms with Gasteiger partial charge in [-0.25, -0.2) is 9.59 Å². The van der Waals surface area contributed by atoms with Gasteiger partial charge in [0, 0.05) is 18.2 Å². The minimum atomic E-state index is -2.24. The molecule has 1 saturated heterocycles. The Bertz CT molecular complexity index is 957. The maximum absolute atomic E-state index is 12.8. The average molecular weight is 501 g/mol. The van der Waals surface area contributed by atoms with Crippen LogP contribution < -0.4 is 4.84 Å². The molecule has 1 heterocycles. The number of ether oxygens (including phenoxy) is 3. The number of hydrogen-bond acceptors (Lipinski definition) is 6. The van der Waals surface area contributed by atoms with E-state index in [1.807, 2.05) is 4.84 Å². The molecular formula is C22H20Cl3NO6. The van der Waals surface area contributed by atoms with Crippen molar-refractivity contribution in [3.8, 4) is 0 Å². The van der Waals surface area contributed by atoms with Gasteiger partial charge in [0.2, 0.25) is 4.33 Å². The van der Waals surface area contributed by atoms with Gasteiger partial charge in [-0.05, 0) is 31.2 Å². The molecule has 0 spiro atoms. The Morgan fingerprint density at radius 2 is 1.44 bits per heavy atom. The van der Waals surface area contributed by atoms with Crippen LogP contribution in [-0.2, 0) is 19.0 Å². The van der Waals surface area contributed by atoms with E-state index in [1.165, 1.54) is 0 Å². The van der Waals surface area contributed by atoms with Crippen molar-refractivity contribution in [2.75, 3.05) is 0 Å². The molecule has 2 aromatic rings. The molecule has 170 valence electrons. The van der Waals surface area contributed by atoms with E-state index in [1.54, 1.807) is 67.6 Å². The maximum atomic E-state index is 12.8. The molecule has 3 rings (SSSR count). The molecule has 0 saturated carbocycles. The fourth-order valence-corrected chi connectivity index (χ4v) is 4.01. The molecule has 1 N–H and O–H groups in total. The zero-order chi connectivity index (χ0) is 23.3.